The molecule has 2 N–H and O–H groups in total. The maximum atomic E-state index is 6.32. The second-order valence-electron chi connectivity index (χ2n) is 6.12. The zero-order valence-corrected chi connectivity index (χ0v) is 14.3. The summed E-state index contributed by atoms with van der Waals surface area (Å²) < 4.78 is 5.36. The standard InChI is InChI=1S/C18H32N2O/c1-6-7-8-12-20(14(2)3)18(15(4)19)16-10-9-11-17(13-16)21-5/h9-11,13-15,18H,6-8,12,19H2,1-5H3. The molecule has 3 nitrogen and oxygen atoms in total. The van der Waals surface area contributed by atoms with Gasteiger partial charge in [-0.2, -0.15) is 0 Å². The third-order valence-electron chi connectivity index (χ3n) is 3.97. The van der Waals surface area contributed by atoms with E-state index in [2.05, 4.69) is 44.7 Å². The summed E-state index contributed by atoms with van der Waals surface area (Å²) in [6.45, 7) is 9.93. The SMILES string of the molecule is CCCCCN(C(C)C)C(c1cccc(OC)c1)C(C)N. The van der Waals surface area contributed by atoms with Crippen molar-refractivity contribution in [3.63, 3.8) is 0 Å². The molecule has 0 fully saturated rings. The van der Waals surface area contributed by atoms with Gasteiger partial charge in [-0.1, -0.05) is 31.9 Å². The Kier molecular flexibility index (Phi) is 7.76. The van der Waals surface area contributed by atoms with Crippen LogP contribution in [0.5, 0.6) is 5.75 Å². The summed E-state index contributed by atoms with van der Waals surface area (Å²) in [7, 11) is 1.71. The molecule has 0 saturated carbocycles. The highest BCUT2D eigenvalue weighted by Crippen LogP contribution is 2.28. The molecule has 0 bridgehead atoms. The lowest BCUT2D eigenvalue weighted by Gasteiger charge is -2.38. The molecular weight excluding hydrogens is 260 g/mol. The minimum atomic E-state index is 0.0844. The lowest BCUT2D eigenvalue weighted by molar-refractivity contribution is 0.133. The fraction of sp³-hybridized carbons (Fsp3) is 0.667. The first-order chi connectivity index (χ1) is 10.0. The van der Waals surface area contributed by atoms with Gasteiger partial charge in [0.05, 0.1) is 13.2 Å². The molecular formula is C18H32N2O. The lowest BCUT2D eigenvalue weighted by Crippen LogP contribution is -2.43. The largest absolute Gasteiger partial charge is 0.497 e. The summed E-state index contributed by atoms with van der Waals surface area (Å²) in [4.78, 5) is 2.52. The number of methoxy groups -OCH3 is 1. The van der Waals surface area contributed by atoms with Gasteiger partial charge in [-0.15, -0.1) is 0 Å². The van der Waals surface area contributed by atoms with Crippen molar-refractivity contribution in [1.82, 2.24) is 4.90 Å². The van der Waals surface area contributed by atoms with Crippen LogP contribution in [0, 0.1) is 0 Å². The molecule has 2 unspecified atom stereocenters. The van der Waals surface area contributed by atoms with Gasteiger partial charge in [0.1, 0.15) is 5.75 Å². The number of nitrogens with two attached hydrogens (primary N) is 1. The van der Waals surface area contributed by atoms with Gasteiger partial charge in [-0.05, 0) is 51.4 Å². The Morgan fingerprint density at radius 3 is 2.43 bits per heavy atom. The second kappa shape index (κ2) is 9.06. The molecule has 0 aromatic heterocycles. The Balaban J connectivity index is 3.00. The minimum Gasteiger partial charge on any atom is -0.497 e. The fourth-order valence-corrected chi connectivity index (χ4v) is 2.89. The van der Waals surface area contributed by atoms with Crippen LogP contribution in [0.1, 0.15) is 58.6 Å². The Morgan fingerprint density at radius 2 is 1.90 bits per heavy atom. The van der Waals surface area contributed by atoms with Gasteiger partial charge < -0.3 is 10.5 Å². The quantitative estimate of drug-likeness (QED) is 0.700. The average Bonchev–Trinajstić information content (AvgIpc) is 2.46. The van der Waals surface area contributed by atoms with E-state index in [1.165, 1.54) is 24.8 Å². The number of unbranched alkanes of at least 4 members (excludes halogenated alkanes) is 2. The first kappa shape index (κ1) is 18.0. The van der Waals surface area contributed by atoms with E-state index < -0.39 is 0 Å². The predicted molar refractivity (Wildman–Crippen MR) is 90.8 cm³/mol. The second-order valence-corrected chi connectivity index (χ2v) is 6.12. The van der Waals surface area contributed by atoms with Crippen LogP contribution in [0.2, 0.25) is 0 Å². The molecule has 0 aliphatic rings. The van der Waals surface area contributed by atoms with Gasteiger partial charge in [0.15, 0.2) is 0 Å². The predicted octanol–water partition coefficient (Wildman–Crippen LogP) is 3.98. The van der Waals surface area contributed by atoms with Gasteiger partial charge in [-0.25, -0.2) is 0 Å². The van der Waals surface area contributed by atoms with Crippen LogP contribution in [-0.2, 0) is 0 Å². The third-order valence-corrected chi connectivity index (χ3v) is 3.97. The molecule has 3 heteroatoms. The first-order valence-electron chi connectivity index (χ1n) is 8.16. The van der Waals surface area contributed by atoms with Crippen molar-refractivity contribution >= 4 is 0 Å². The highest BCUT2D eigenvalue weighted by atomic mass is 16.5. The van der Waals surface area contributed by atoms with Crippen molar-refractivity contribution in [3.8, 4) is 5.75 Å². The number of nitrogens with zero attached hydrogens (tertiary/aromatic N) is 1. The van der Waals surface area contributed by atoms with E-state index in [9.17, 15) is 0 Å². The molecule has 1 aromatic carbocycles. The van der Waals surface area contributed by atoms with E-state index in [0.29, 0.717) is 6.04 Å². The Morgan fingerprint density at radius 1 is 1.19 bits per heavy atom. The summed E-state index contributed by atoms with van der Waals surface area (Å²) in [5.74, 6) is 0.899. The zero-order chi connectivity index (χ0) is 15.8. The monoisotopic (exact) mass is 292 g/mol. The summed E-state index contributed by atoms with van der Waals surface area (Å²) in [5.41, 5.74) is 7.57. The maximum Gasteiger partial charge on any atom is 0.119 e. The molecule has 0 radical (unpaired) electrons. The average molecular weight is 292 g/mol. The topological polar surface area (TPSA) is 38.5 Å². The molecule has 21 heavy (non-hydrogen) atoms. The van der Waals surface area contributed by atoms with Crippen molar-refractivity contribution in [2.45, 2.75) is 65.1 Å². The number of benzene rings is 1. The summed E-state index contributed by atoms with van der Waals surface area (Å²) in [5, 5.41) is 0. The molecule has 0 aliphatic heterocycles. The number of ether oxygens (including phenoxy) is 1. The normalized spacial score (nSPS) is 14.5. The molecule has 1 aromatic rings. The maximum absolute atomic E-state index is 6.32. The summed E-state index contributed by atoms with van der Waals surface area (Å²) in [6.07, 6.45) is 3.74. The molecule has 1 rings (SSSR count). The van der Waals surface area contributed by atoms with Crippen molar-refractivity contribution in [3.05, 3.63) is 29.8 Å². The van der Waals surface area contributed by atoms with Crippen LogP contribution in [0.4, 0.5) is 0 Å². The van der Waals surface area contributed by atoms with Crippen LogP contribution in [-0.4, -0.2) is 30.6 Å². The van der Waals surface area contributed by atoms with Crippen LogP contribution in [0.3, 0.4) is 0 Å². The van der Waals surface area contributed by atoms with Crippen LogP contribution in [0.25, 0.3) is 0 Å². The lowest BCUT2D eigenvalue weighted by atomic mass is 9.97. The zero-order valence-electron chi connectivity index (χ0n) is 14.3. The van der Waals surface area contributed by atoms with E-state index >= 15 is 0 Å². The molecule has 0 heterocycles. The minimum absolute atomic E-state index is 0.0844. The van der Waals surface area contributed by atoms with Crippen molar-refractivity contribution in [2.75, 3.05) is 13.7 Å². The smallest absolute Gasteiger partial charge is 0.119 e. The number of rotatable bonds is 9. The Bertz CT molecular complexity index is 404. The van der Waals surface area contributed by atoms with E-state index in [4.69, 9.17) is 10.5 Å². The van der Waals surface area contributed by atoms with Crippen LogP contribution >= 0.6 is 0 Å². The van der Waals surface area contributed by atoms with Crippen molar-refractivity contribution in [2.24, 2.45) is 5.73 Å². The molecule has 120 valence electrons. The van der Waals surface area contributed by atoms with Gasteiger partial charge in [0, 0.05) is 12.1 Å². The molecule has 0 saturated heterocycles. The Hall–Kier alpha value is -1.06. The Labute approximate surface area is 130 Å². The van der Waals surface area contributed by atoms with Gasteiger partial charge >= 0.3 is 0 Å². The van der Waals surface area contributed by atoms with Gasteiger partial charge in [-0.3, -0.25) is 4.90 Å². The van der Waals surface area contributed by atoms with E-state index in [1.807, 2.05) is 12.1 Å². The summed E-state index contributed by atoms with van der Waals surface area (Å²) >= 11 is 0. The number of hydrogen-bond acceptors (Lipinski definition) is 3. The highest BCUT2D eigenvalue weighted by Gasteiger charge is 2.26. The molecule has 0 aliphatic carbocycles. The summed E-state index contributed by atoms with van der Waals surface area (Å²) in [6, 6.07) is 9.10. The van der Waals surface area contributed by atoms with Crippen molar-refractivity contribution < 1.29 is 4.74 Å². The molecule has 0 spiro atoms. The third kappa shape index (κ3) is 5.33. The highest BCUT2D eigenvalue weighted by molar-refractivity contribution is 5.31. The molecule has 2 atom stereocenters. The van der Waals surface area contributed by atoms with Crippen molar-refractivity contribution in [1.29, 1.82) is 0 Å². The first-order valence-corrected chi connectivity index (χ1v) is 8.16. The van der Waals surface area contributed by atoms with Crippen LogP contribution in [0.15, 0.2) is 24.3 Å². The van der Waals surface area contributed by atoms with E-state index in [-0.39, 0.29) is 12.1 Å². The van der Waals surface area contributed by atoms with Gasteiger partial charge in [0.2, 0.25) is 0 Å². The number of hydrogen-bond donors (Lipinski definition) is 1. The van der Waals surface area contributed by atoms with E-state index in [1.54, 1.807) is 7.11 Å². The fourth-order valence-electron chi connectivity index (χ4n) is 2.89. The van der Waals surface area contributed by atoms with Crippen LogP contribution < -0.4 is 10.5 Å². The molecule has 0 amide bonds. The van der Waals surface area contributed by atoms with E-state index in [0.717, 1.165) is 12.3 Å². The van der Waals surface area contributed by atoms with Gasteiger partial charge in [0.25, 0.3) is 0 Å².